The Hall–Kier alpha value is -3.53. The van der Waals surface area contributed by atoms with Gasteiger partial charge < -0.3 is 20.9 Å². The molecule has 0 radical (unpaired) electrons. The van der Waals surface area contributed by atoms with Crippen LogP contribution < -0.4 is 20.9 Å². The summed E-state index contributed by atoms with van der Waals surface area (Å²) in [6, 6.07) is 11.2. The Balaban J connectivity index is 1.36. The fourth-order valence-corrected chi connectivity index (χ4v) is 3.69. The van der Waals surface area contributed by atoms with Crippen molar-refractivity contribution in [2.24, 2.45) is 0 Å². The molecule has 2 heterocycles. The number of halogens is 4. The lowest BCUT2D eigenvalue weighted by molar-refractivity contribution is -0.137. The van der Waals surface area contributed by atoms with E-state index >= 15 is 0 Å². The van der Waals surface area contributed by atoms with Gasteiger partial charge in [0.15, 0.2) is 5.82 Å². The first kappa shape index (κ1) is 22.7. The van der Waals surface area contributed by atoms with Crippen LogP contribution in [0.25, 0.3) is 0 Å². The summed E-state index contributed by atoms with van der Waals surface area (Å²) in [5.41, 5.74) is 1.16. The van der Waals surface area contributed by atoms with E-state index in [-0.39, 0.29) is 5.69 Å². The Morgan fingerprint density at radius 2 is 1.58 bits per heavy atom. The largest absolute Gasteiger partial charge is 0.417 e. The minimum Gasteiger partial charge on any atom is -0.370 e. The Bertz CT molecular complexity index is 1130. The maximum Gasteiger partial charge on any atom is 0.417 e. The van der Waals surface area contributed by atoms with E-state index in [0.717, 1.165) is 49.4 Å². The first-order valence-corrected chi connectivity index (χ1v) is 10.6. The number of hydrogen-bond donors (Lipinski definition) is 3. The van der Waals surface area contributed by atoms with Crippen LogP contribution in [-0.4, -0.2) is 29.3 Å². The van der Waals surface area contributed by atoms with Gasteiger partial charge in [0.2, 0.25) is 0 Å². The summed E-state index contributed by atoms with van der Waals surface area (Å²) in [4.78, 5) is 14.4. The summed E-state index contributed by atoms with van der Waals surface area (Å²) < 4.78 is 38.9. The second-order valence-electron chi connectivity index (χ2n) is 7.47. The number of amides is 2. The third-order valence-electron chi connectivity index (χ3n) is 5.06. The van der Waals surface area contributed by atoms with Crippen molar-refractivity contribution in [1.29, 1.82) is 0 Å². The van der Waals surface area contributed by atoms with Crippen LogP contribution >= 0.6 is 11.6 Å². The molecule has 0 unspecified atom stereocenters. The van der Waals surface area contributed by atoms with Gasteiger partial charge >= 0.3 is 12.2 Å². The fourth-order valence-electron chi connectivity index (χ4n) is 3.46. The number of hydrogen-bond acceptors (Lipinski definition) is 5. The number of rotatable bonds is 5. The first-order valence-electron chi connectivity index (χ1n) is 10.2. The van der Waals surface area contributed by atoms with Gasteiger partial charge in [-0.15, -0.1) is 5.10 Å². The van der Waals surface area contributed by atoms with Crippen molar-refractivity contribution in [2.45, 2.75) is 19.0 Å². The minimum absolute atomic E-state index is 0.0287. The number of alkyl halides is 3. The number of nitrogens with one attached hydrogen (secondary N) is 3. The van der Waals surface area contributed by atoms with Crippen molar-refractivity contribution in [1.82, 2.24) is 10.2 Å². The van der Waals surface area contributed by atoms with E-state index in [4.69, 9.17) is 11.6 Å². The van der Waals surface area contributed by atoms with Crippen molar-refractivity contribution in [3.8, 4) is 0 Å². The van der Waals surface area contributed by atoms with Gasteiger partial charge in [-0.25, -0.2) is 4.79 Å². The van der Waals surface area contributed by atoms with Crippen LogP contribution in [0.1, 0.15) is 18.4 Å². The van der Waals surface area contributed by atoms with Crippen LogP contribution in [-0.2, 0) is 6.18 Å². The Morgan fingerprint density at radius 1 is 0.939 bits per heavy atom. The smallest absolute Gasteiger partial charge is 0.370 e. The number of urea groups is 1. The lowest BCUT2D eigenvalue weighted by atomic mass is 10.2. The highest BCUT2D eigenvalue weighted by Crippen LogP contribution is 2.36. The predicted octanol–water partition coefficient (Wildman–Crippen LogP) is 6.14. The van der Waals surface area contributed by atoms with Crippen LogP contribution in [0.15, 0.2) is 54.7 Å². The molecule has 0 aliphatic carbocycles. The van der Waals surface area contributed by atoms with Crippen molar-refractivity contribution < 1.29 is 18.0 Å². The fraction of sp³-hybridized carbons (Fsp3) is 0.227. The van der Waals surface area contributed by atoms with E-state index in [9.17, 15) is 18.0 Å². The lowest BCUT2D eigenvalue weighted by Gasteiger charge is -2.17. The average molecular weight is 477 g/mol. The van der Waals surface area contributed by atoms with E-state index in [0.29, 0.717) is 11.5 Å². The van der Waals surface area contributed by atoms with E-state index in [1.54, 1.807) is 30.5 Å². The summed E-state index contributed by atoms with van der Waals surface area (Å²) in [5, 5.41) is 15.8. The molecular formula is C22H20ClF3N6O. The van der Waals surface area contributed by atoms with Gasteiger partial charge in [0.05, 0.1) is 22.5 Å². The molecule has 3 aromatic rings. The van der Waals surface area contributed by atoms with Gasteiger partial charge in [-0.1, -0.05) is 11.6 Å². The maximum atomic E-state index is 13.0. The second-order valence-corrected chi connectivity index (χ2v) is 7.87. The summed E-state index contributed by atoms with van der Waals surface area (Å²) >= 11 is 5.60. The van der Waals surface area contributed by atoms with Crippen LogP contribution in [0.4, 0.5) is 46.5 Å². The zero-order valence-electron chi connectivity index (χ0n) is 17.3. The molecule has 1 aliphatic rings. The van der Waals surface area contributed by atoms with E-state index in [1.807, 2.05) is 6.07 Å². The Morgan fingerprint density at radius 3 is 2.27 bits per heavy atom. The van der Waals surface area contributed by atoms with Crippen LogP contribution in [0.3, 0.4) is 0 Å². The Labute approximate surface area is 193 Å². The molecular weight excluding hydrogens is 457 g/mol. The molecule has 1 saturated heterocycles. The average Bonchev–Trinajstić information content (AvgIpc) is 3.31. The van der Waals surface area contributed by atoms with Crippen molar-refractivity contribution >= 4 is 46.2 Å². The van der Waals surface area contributed by atoms with Gasteiger partial charge in [-0.3, -0.25) is 0 Å². The zero-order valence-corrected chi connectivity index (χ0v) is 18.0. The molecule has 1 fully saturated rings. The van der Waals surface area contributed by atoms with Crippen LogP contribution in [0.5, 0.6) is 0 Å². The van der Waals surface area contributed by atoms with E-state index in [2.05, 4.69) is 31.0 Å². The molecule has 1 aliphatic heterocycles. The molecule has 4 rings (SSSR count). The Kier molecular flexibility index (Phi) is 6.55. The molecule has 0 spiro atoms. The number of carbonyl (C=O) groups excluding carboxylic acids is 1. The third kappa shape index (κ3) is 5.83. The van der Waals surface area contributed by atoms with Crippen molar-refractivity contribution in [3.63, 3.8) is 0 Å². The molecule has 7 nitrogen and oxygen atoms in total. The second kappa shape index (κ2) is 9.53. The highest BCUT2D eigenvalue weighted by atomic mass is 35.5. The third-order valence-corrected chi connectivity index (χ3v) is 5.39. The number of anilines is 5. The number of nitrogens with zero attached hydrogens (tertiary/aromatic N) is 3. The maximum absolute atomic E-state index is 13.0. The SMILES string of the molecule is O=C(Nc1ccc(Nc2cc(N3CCCC3)cnn2)cc1)Nc1ccc(Cl)c(C(F)(F)F)c1. The van der Waals surface area contributed by atoms with Crippen molar-refractivity contribution in [3.05, 3.63) is 65.3 Å². The molecule has 1 aromatic heterocycles. The van der Waals surface area contributed by atoms with Gasteiger partial charge in [-0.2, -0.15) is 18.3 Å². The summed E-state index contributed by atoms with van der Waals surface area (Å²) in [5.74, 6) is 0.598. The molecule has 3 N–H and O–H groups in total. The van der Waals surface area contributed by atoms with E-state index in [1.165, 1.54) is 6.07 Å². The number of aromatic nitrogens is 2. The highest BCUT2D eigenvalue weighted by molar-refractivity contribution is 6.31. The monoisotopic (exact) mass is 476 g/mol. The number of benzene rings is 2. The lowest BCUT2D eigenvalue weighted by Crippen LogP contribution is -2.20. The van der Waals surface area contributed by atoms with Gasteiger partial charge in [0.1, 0.15) is 0 Å². The van der Waals surface area contributed by atoms with Gasteiger partial charge in [-0.05, 0) is 55.3 Å². The molecule has 2 aromatic carbocycles. The molecule has 33 heavy (non-hydrogen) atoms. The van der Waals surface area contributed by atoms with Gasteiger partial charge in [0.25, 0.3) is 0 Å². The zero-order chi connectivity index (χ0) is 23.4. The van der Waals surface area contributed by atoms with E-state index < -0.39 is 22.8 Å². The molecule has 11 heteroatoms. The summed E-state index contributed by atoms with van der Waals surface area (Å²) in [6.07, 6.45) is -0.559. The van der Waals surface area contributed by atoms with Crippen LogP contribution in [0.2, 0.25) is 5.02 Å². The molecule has 0 atom stereocenters. The normalized spacial score (nSPS) is 13.6. The highest BCUT2D eigenvalue weighted by Gasteiger charge is 2.33. The standard InChI is InChI=1S/C22H20ClF3N6O/c23-19-8-7-16(11-18(19)22(24,25)26)30-21(33)29-15-5-3-14(4-6-15)28-20-12-17(13-27-31-20)32-9-1-2-10-32/h3-8,11-13H,1-2,9-10H2,(H,28,31)(H2,29,30,33). The first-order chi connectivity index (χ1) is 15.8. The van der Waals surface area contributed by atoms with Crippen molar-refractivity contribution in [2.75, 3.05) is 33.9 Å². The minimum atomic E-state index is -4.62. The topological polar surface area (TPSA) is 82.2 Å². The quantitative estimate of drug-likeness (QED) is 0.412. The predicted molar refractivity (Wildman–Crippen MR) is 122 cm³/mol. The molecule has 0 bridgehead atoms. The van der Waals surface area contributed by atoms with Crippen LogP contribution in [0, 0.1) is 0 Å². The molecule has 2 amide bonds. The number of carbonyl (C=O) groups is 1. The summed E-state index contributed by atoms with van der Waals surface area (Å²) in [6.45, 7) is 2.00. The molecule has 172 valence electrons. The summed E-state index contributed by atoms with van der Waals surface area (Å²) in [7, 11) is 0. The van der Waals surface area contributed by atoms with Gasteiger partial charge in [0, 0.05) is 36.2 Å². The molecule has 0 saturated carbocycles.